The van der Waals surface area contributed by atoms with Crippen molar-refractivity contribution in [2.75, 3.05) is 13.1 Å². The predicted octanol–water partition coefficient (Wildman–Crippen LogP) is 3.00. The summed E-state index contributed by atoms with van der Waals surface area (Å²) >= 11 is 0. The van der Waals surface area contributed by atoms with Gasteiger partial charge < -0.3 is 15.3 Å². The zero-order valence-electron chi connectivity index (χ0n) is 13.6. The van der Waals surface area contributed by atoms with Crippen molar-refractivity contribution < 1.29 is 9.90 Å². The van der Waals surface area contributed by atoms with Gasteiger partial charge in [-0.2, -0.15) is 0 Å². The first-order chi connectivity index (χ1) is 9.54. The van der Waals surface area contributed by atoms with E-state index < -0.39 is 0 Å². The summed E-state index contributed by atoms with van der Waals surface area (Å²) in [4.78, 5) is 13.7. The summed E-state index contributed by atoms with van der Waals surface area (Å²) in [5, 5.41) is 13.5. The lowest BCUT2D eigenvalue weighted by Crippen LogP contribution is -2.42. The molecule has 0 aliphatic carbocycles. The summed E-state index contributed by atoms with van der Waals surface area (Å²) in [6.07, 6.45) is 5.07. The molecule has 1 aliphatic heterocycles. The van der Waals surface area contributed by atoms with Gasteiger partial charge in [-0.25, -0.2) is 4.79 Å². The lowest BCUT2D eigenvalue weighted by molar-refractivity contribution is 0.0285. The summed E-state index contributed by atoms with van der Waals surface area (Å²) in [5.74, 6) is 0.545. The van der Waals surface area contributed by atoms with E-state index in [4.69, 9.17) is 0 Å². The van der Waals surface area contributed by atoms with Gasteiger partial charge in [-0.1, -0.05) is 40.0 Å². The summed E-state index contributed by atoms with van der Waals surface area (Å²) < 4.78 is 0. The molecule has 0 spiro atoms. The predicted molar refractivity (Wildman–Crippen MR) is 82.7 cm³/mol. The molecule has 0 aromatic heterocycles. The van der Waals surface area contributed by atoms with Crippen molar-refractivity contribution in [3.8, 4) is 0 Å². The van der Waals surface area contributed by atoms with Crippen LogP contribution >= 0.6 is 0 Å². The molecule has 1 rings (SSSR count). The van der Waals surface area contributed by atoms with Crippen LogP contribution in [-0.4, -0.2) is 41.3 Å². The van der Waals surface area contributed by atoms with Gasteiger partial charge in [-0.15, -0.1) is 0 Å². The highest BCUT2D eigenvalue weighted by Gasteiger charge is 2.33. The van der Waals surface area contributed by atoms with Crippen LogP contribution in [0, 0.1) is 11.8 Å². The number of unbranched alkanes of at least 4 members (excludes halogenated alkanes) is 1. The average Bonchev–Trinajstić information content (AvgIpc) is 2.76. The van der Waals surface area contributed by atoms with Crippen molar-refractivity contribution in [3.05, 3.63) is 0 Å². The molecule has 0 saturated carbocycles. The molecule has 0 bridgehead atoms. The number of urea groups is 1. The van der Waals surface area contributed by atoms with Gasteiger partial charge in [0, 0.05) is 25.0 Å². The number of hydrogen-bond acceptors (Lipinski definition) is 2. The van der Waals surface area contributed by atoms with E-state index in [1.807, 2.05) is 4.90 Å². The molecule has 4 atom stereocenters. The number of nitrogens with one attached hydrogen (secondary N) is 1. The number of aliphatic hydroxyl groups is 1. The van der Waals surface area contributed by atoms with Crippen LogP contribution in [0.15, 0.2) is 0 Å². The van der Waals surface area contributed by atoms with Gasteiger partial charge in [0.2, 0.25) is 0 Å². The van der Waals surface area contributed by atoms with Gasteiger partial charge >= 0.3 is 6.03 Å². The molecular weight excluding hydrogens is 252 g/mol. The van der Waals surface area contributed by atoms with E-state index in [1.54, 1.807) is 0 Å². The van der Waals surface area contributed by atoms with E-state index in [0.717, 1.165) is 25.8 Å². The zero-order valence-corrected chi connectivity index (χ0v) is 13.6. The first kappa shape index (κ1) is 17.3. The molecule has 1 heterocycles. The van der Waals surface area contributed by atoms with Crippen LogP contribution in [0.1, 0.15) is 59.8 Å². The third kappa shape index (κ3) is 4.37. The third-order valence-electron chi connectivity index (χ3n) is 4.72. The van der Waals surface area contributed by atoms with E-state index in [9.17, 15) is 9.90 Å². The standard InChI is InChI=1S/C16H32N2O2/c1-5-8-9-13(6-2)15(19)14(7-3)11-18-12(4)10-17-16(18)20/h12-15,19H,5-11H2,1-4H3,(H,17,20). The Morgan fingerprint density at radius 1 is 1.30 bits per heavy atom. The van der Waals surface area contributed by atoms with Gasteiger partial charge in [-0.3, -0.25) is 0 Å². The Bertz CT molecular complexity index is 296. The van der Waals surface area contributed by atoms with Gasteiger partial charge in [0.05, 0.1) is 6.10 Å². The highest BCUT2D eigenvalue weighted by atomic mass is 16.3. The molecule has 0 aromatic rings. The summed E-state index contributed by atoms with van der Waals surface area (Å²) in [7, 11) is 0. The molecule has 4 unspecified atom stereocenters. The van der Waals surface area contributed by atoms with Crippen molar-refractivity contribution in [1.82, 2.24) is 10.2 Å². The molecule has 0 aromatic carbocycles. The summed E-state index contributed by atoms with van der Waals surface area (Å²) in [6, 6.07) is 0.254. The van der Waals surface area contributed by atoms with E-state index in [2.05, 4.69) is 33.0 Å². The molecule has 2 amide bonds. The number of aliphatic hydroxyl groups excluding tert-OH is 1. The number of hydrogen-bond donors (Lipinski definition) is 2. The topological polar surface area (TPSA) is 52.6 Å². The molecule has 1 aliphatic rings. The maximum Gasteiger partial charge on any atom is 0.317 e. The van der Waals surface area contributed by atoms with Crippen LogP contribution in [0.25, 0.3) is 0 Å². The van der Waals surface area contributed by atoms with Crippen LogP contribution < -0.4 is 5.32 Å². The van der Waals surface area contributed by atoms with Gasteiger partial charge in [-0.05, 0) is 25.7 Å². The van der Waals surface area contributed by atoms with Crippen LogP contribution in [-0.2, 0) is 0 Å². The van der Waals surface area contributed by atoms with E-state index in [1.165, 1.54) is 12.8 Å². The fourth-order valence-electron chi connectivity index (χ4n) is 3.11. The number of rotatable bonds is 9. The van der Waals surface area contributed by atoms with Crippen molar-refractivity contribution in [2.24, 2.45) is 11.8 Å². The Labute approximate surface area is 123 Å². The highest BCUT2D eigenvalue weighted by Crippen LogP contribution is 2.26. The number of carbonyl (C=O) groups is 1. The molecule has 0 radical (unpaired) electrons. The Morgan fingerprint density at radius 3 is 2.40 bits per heavy atom. The molecule has 1 saturated heterocycles. The quantitative estimate of drug-likeness (QED) is 0.684. The van der Waals surface area contributed by atoms with Crippen LogP contribution in [0.3, 0.4) is 0 Å². The fraction of sp³-hybridized carbons (Fsp3) is 0.938. The molecular formula is C16H32N2O2. The SMILES string of the molecule is CCCCC(CC)C(O)C(CC)CN1C(=O)NCC1C. The second-order valence-electron chi connectivity index (χ2n) is 6.16. The largest absolute Gasteiger partial charge is 0.392 e. The smallest absolute Gasteiger partial charge is 0.317 e. The normalized spacial score (nSPS) is 23.6. The Kier molecular flexibility index (Phi) is 7.35. The van der Waals surface area contributed by atoms with E-state index in [-0.39, 0.29) is 24.1 Å². The van der Waals surface area contributed by atoms with Crippen LogP contribution in [0.5, 0.6) is 0 Å². The minimum atomic E-state index is -0.294. The molecule has 4 heteroatoms. The monoisotopic (exact) mass is 284 g/mol. The summed E-state index contributed by atoms with van der Waals surface area (Å²) in [5.41, 5.74) is 0. The Hall–Kier alpha value is -0.770. The number of carbonyl (C=O) groups excluding carboxylic acids is 1. The minimum Gasteiger partial charge on any atom is -0.392 e. The number of amides is 2. The lowest BCUT2D eigenvalue weighted by atomic mass is 9.84. The summed E-state index contributed by atoms with van der Waals surface area (Å²) in [6.45, 7) is 9.91. The van der Waals surface area contributed by atoms with Crippen LogP contribution in [0.4, 0.5) is 4.79 Å². The number of nitrogens with zero attached hydrogens (tertiary/aromatic N) is 1. The average molecular weight is 284 g/mol. The second kappa shape index (κ2) is 8.50. The first-order valence-corrected chi connectivity index (χ1v) is 8.27. The van der Waals surface area contributed by atoms with Crippen molar-refractivity contribution >= 4 is 6.03 Å². The van der Waals surface area contributed by atoms with E-state index in [0.29, 0.717) is 12.5 Å². The molecule has 1 fully saturated rings. The molecule has 2 N–H and O–H groups in total. The fourth-order valence-corrected chi connectivity index (χ4v) is 3.11. The molecule has 4 nitrogen and oxygen atoms in total. The van der Waals surface area contributed by atoms with E-state index >= 15 is 0 Å². The van der Waals surface area contributed by atoms with Gasteiger partial charge in [0.25, 0.3) is 0 Å². The van der Waals surface area contributed by atoms with Gasteiger partial charge in [0.1, 0.15) is 0 Å². The maximum absolute atomic E-state index is 11.8. The second-order valence-corrected chi connectivity index (χ2v) is 6.16. The van der Waals surface area contributed by atoms with Crippen LogP contribution in [0.2, 0.25) is 0 Å². The van der Waals surface area contributed by atoms with Crippen molar-refractivity contribution in [1.29, 1.82) is 0 Å². The van der Waals surface area contributed by atoms with Gasteiger partial charge in [0.15, 0.2) is 0 Å². The van der Waals surface area contributed by atoms with Crippen molar-refractivity contribution in [3.63, 3.8) is 0 Å². The maximum atomic E-state index is 11.8. The highest BCUT2D eigenvalue weighted by molar-refractivity contribution is 5.76. The third-order valence-corrected chi connectivity index (χ3v) is 4.72. The minimum absolute atomic E-state index is 0.0183. The molecule has 20 heavy (non-hydrogen) atoms. The van der Waals surface area contributed by atoms with Crippen molar-refractivity contribution in [2.45, 2.75) is 71.9 Å². The molecule has 118 valence electrons. The Morgan fingerprint density at radius 2 is 1.95 bits per heavy atom. The zero-order chi connectivity index (χ0) is 15.1. The Balaban J connectivity index is 2.61. The lowest BCUT2D eigenvalue weighted by Gasteiger charge is -2.32. The first-order valence-electron chi connectivity index (χ1n) is 8.27.